The normalized spacial score (nSPS) is 14.9. The van der Waals surface area contributed by atoms with Gasteiger partial charge in [0.1, 0.15) is 5.75 Å². The summed E-state index contributed by atoms with van der Waals surface area (Å²) in [5.74, 6) is 0.223. The molecule has 11 heteroatoms. The summed E-state index contributed by atoms with van der Waals surface area (Å²) in [5.41, 5.74) is 2.28. The summed E-state index contributed by atoms with van der Waals surface area (Å²) in [6, 6.07) is 19.8. The highest BCUT2D eigenvalue weighted by Gasteiger charge is 2.32. The van der Waals surface area contributed by atoms with Crippen molar-refractivity contribution >= 4 is 29.0 Å². The smallest absolute Gasteiger partial charge is 0.387 e. The van der Waals surface area contributed by atoms with Crippen LogP contribution in [0.2, 0.25) is 0 Å². The first-order valence-electron chi connectivity index (χ1n) is 12.4. The van der Waals surface area contributed by atoms with Crippen LogP contribution in [-0.2, 0) is 4.79 Å². The molecule has 1 aromatic heterocycles. The van der Waals surface area contributed by atoms with Crippen molar-refractivity contribution in [1.29, 1.82) is 0 Å². The molecule has 41 heavy (non-hydrogen) atoms. The summed E-state index contributed by atoms with van der Waals surface area (Å²) in [4.78, 5) is 32.6. The van der Waals surface area contributed by atoms with Gasteiger partial charge in [-0.05, 0) is 60.5 Å². The Labute approximate surface area is 237 Å². The number of methoxy groups -OCH3 is 2. The third-order valence-electron chi connectivity index (χ3n) is 6.43. The number of carbonyl (C=O) groups excluding carboxylic acids is 1. The van der Waals surface area contributed by atoms with Crippen LogP contribution < -0.4 is 34.4 Å². The zero-order chi connectivity index (χ0) is 29.1. The fourth-order valence-corrected chi connectivity index (χ4v) is 5.60. The van der Waals surface area contributed by atoms with Crippen LogP contribution in [0.25, 0.3) is 6.08 Å². The average Bonchev–Trinajstić information content (AvgIpc) is 3.27. The first-order chi connectivity index (χ1) is 19.8. The highest BCUT2D eigenvalue weighted by atomic mass is 32.1. The van der Waals surface area contributed by atoms with E-state index in [1.165, 1.54) is 23.8 Å². The highest BCUT2D eigenvalue weighted by molar-refractivity contribution is 7.07. The molecule has 0 radical (unpaired) electrons. The maximum atomic E-state index is 13.9. The number of amides is 1. The predicted octanol–water partition coefficient (Wildman–Crippen LogP) is 4.49. The molecule has 0 spiro atoms. The molecule has 1 aliphatic rings. The van der Waals surface area contributed by atoms with E-state index in [1.54, 1.807) is 50.4 Å². The van der Waals surface area contributed by atoms with E-state index in [0.717, 1.165) is 11.3 Å². The van der Waals surface area contributed by atoms with Crippen molar-refractivity contribution in [2.45, 2.75) is 19.6 Å². The molecule has 0 saturated carbocycles. The minimum absolute atomic E-state index is 0.0960. The Hall–Kier alpha value is -4.77. The number of alkyl halides is 2. The predicted molar refractivity (Wildman–Crippen MR) is 151 cm³/mol. The quantitative estimate of drug-likeness (QED) is 0.333. The molecule has 0 fully saturated rings. The van der Waals surface area contributed by atoms with Gasteiger partial charge in [0.2, 0.25) is 0 Å². The van der Waals surface area contributed by atoms with Crippen LogP contribution in [0.5, 0.6) is 17.2 Å². The van der Waals surface area contributed by atoms with Crippen LogP contribution in [0, 0.1) is 0 Å². The number of nitrogens with zero attached hydrogens (tertiary/aromatic N) is 2. The summed E-state index contributed by atoms with van der Waals surface area (Å²) < 4.78 is 42.3. The lowest BCUT2D eigenvalue weighted by atomic mass is 9.95. The molecule has 210 valence electrons. The number of anilines is 1. The van der Waals surface area contributed by atoms with Crippen LogP contribution in [0.3, 0.4) is 0 Å². The van der Waals surface area contributed by atoms with Crippen LogP contribution in [0.15, 0.2) is 93.9 Å². The maximum Gasteiger partial charge on any atom is 0.387 e. The molecule has 5 rings (SSSR count). The number of para-hydroxylation sites is 1. The van der Waals surface area contributed by atoms with Crippen molar-refractivity contribution in [2.75, 3.05) is 19.5 Å². The number of thiazole rings is 1. The van der Waals surface area contributed by atoms with Crippen molar-refractivity contribution < 1.29 is 27.8 Å². The molecular weight excluding hydrogens is 552 g/mol. The Balaban J connectivity index is 1.63. The zero-order valence-electron chi connectivity index (χ0n) is 22.3. The number of benzene rings is 3. The van der Waals surface area contributed by atoms with Gasteiger partial charge in [0.15, 0.2) is 16.3 Å². The minimum atomic E-state index is -3.01. The van der Waals surface area contributed by atoms with Crippen LogP contribution in [-0.4, -0.2) is 31.3 Å². The summed E-state index contributed by atoms with van der Waals surface area (Å²) >= 11 is 1.16. The van der Waals surface area contributed by atoms with E-state index in [-0.39, 0.29) is 23.0 Å². The van der Waals surface area contributed by atoms with Gasteiger partial charge in [-0.15, -0.1) is 0 Å². The lowest BCUT2D eigenvalue weighted by Crippen LogP contribution is -2.40. The second kappa shape index (κ2) is 11.8. The van der Waals surface area contributed by atoms with E-state index in [4.69, 9.17) is 9.47 Å². The van der Waals surface area contributed by atoms with E-state index in [2.05, 4.69) is 15.0 Å². The van der Waals surface area contributed by atoms with Crippen molar-refractivity contribution in [3.8, 4) is 17.2 Å². The molecule has 0 aliphatic carbocycles. The number of hydrogen-bond acceptors (Lipinski definition) is 7. The Kier molecular flexibility index (Phi) is 7.97. The maximum absolute atomic E-state index is 13.9. The number of aromatic nitrogens is 1. The summed E-state index contributed by atoms with van der Waals surface area (Å²) in [6.45, 7) is -1.27. The number of carbonyl (C=O) groups is 1. The van der Waals surface area contributed by atoms with Crippen molar-refractivity contribution in [2.24, 2.45) is 4.99 Å². The largest absolute Gasteiger partial charge is 0.497 e. The van der Waals surface area contributed by atoms with Gasteiger partial charge in [0, 0.05) is 5.69 Å². The van der Waals surface area contributed by atoms with Gasteiger partial charge in [-0.25, -0.2) is 4.99 Å². The number of nitrogens with one attached hydrogen (secondary N) is 1. The molecule has 1 amide bonds. The van der Waals surface area contributed by atoms with E-state index in [1.807, 2.05) is 30.3 Å². The van der Waals surface area contributed by atoms with Crippen molar-refractivity contribution in [3.63, 3.8) is 0 Å². The second-order valence-corrected chi connectivity index (χ2v) is 9.97. The highest BCUT2D eigenvalue weighted by Crippen LogP contribution is 2.32. The van der Waals surface area contributed by atoms with Crippen LogP contribution in [0.4, 0.5) is 14.5 Å². The number of hydrogen-bond donors (Lipinski definition) is 1. The van der Waals surface area contributed by atoms with Crippen LogP contribution >= 0.6 is 11.3 Å². The number of halogens is 2. The standard InChI is InChI=1S/C30H25F2N3O5S/c1-17-25(27(36)34-20-7-5-4-6-8-20)26(19-10-12-21(38-2)13-11-19)35-28(37)24(41-30(35)33-17)16-18-9-14-22(40-29(31)32)23(15-18)39-3/h4-16,26,29H,1-3H3,(H,34,36). The van der Waals surface area contributed by atoms with E-state index < -0.39 is 12.7 Å². The first-order valence-corrected chi connectivity index (χ1v) is 13.3. The topological polar surface area (TPSA) is 91.2 Å². The van der Waals surface area contributed by atoms with Gasteiger partial charge in [-0.2, -0.15) is 8.78 Å². The zero-order valence-corrected chi connectivity index (χ0v) is 23.1. The molecule has 0 saturated heterocycles. The van der Waals surface area contributed by atoms with E-state index in [9.17, 15) is 18.4 Å². The third kappa shape index (κ3) is 5.75. The summed E-state index contributed by atoms with van der Waals surface area (Å²) in [5, 5.41) is 2.91. The lowest BCUT2D eigenvalue weighted by Gasteiger charge is -2.25. The number of rotatable bonds is 8. The van der Waals surface area contributed by atoms with E-state index >= 15 is 0 Å². The van der Waals surface area contributed by atoms with Crippen molar-refractivity contribution in [1.82, 2.24) is 4.57 Å². The molecule has 1 unspecified atom stereocenters. The molecule has 4 aromatic rings. The Morgan fingerprint density at radius 2 is 1.76 bits per heavy atom. The minimum Gasteiger partial charge on any atom is -0.497 e. The van der Waals surface area contributed by atoms with Crippen molar-refractivity contribution in [3.05, 3.63) is 115 Å². The van der Waals surface area contributed by atoms with Gasteiger partial charge in [-0.1, -0.05) is 47.7 Å². The fourth-order valence-electron chi connectivity index (χ4n) is 4.55. The summed E-state index contributed by atoms with van der Waals surface area (Å²) in [7, 11) is 2.90. The molecular formula is C30H25F2N3O5S. The number of allylic oxidation sites excluding steroid dienone is 1. The number of ether oxygens (including phenoxy) is 3. The average molecular weight is 578 g/mol. The summed E-state index contributed by atoms with van der Waals surface area (Å²) in [6.07, 6.45) is 1.62. The Bertz CT molecular complexity index is 1800. The molecule has 2 heterocycles. The third-order valence-corrected chi connectivity index (χ3v) is 7.41. The Morgan fingerprint density at radius 1 is 1.02 bits per heavy atom. The van der Waals surface area contributed by atoms with Crippen LogP contribution in [0.1, 0.15) is 24.1 Å². The Morgan fingerprint density at radius 3 is 2.41 bits per heavy atom. The lowest BCUT2D eigenvalue weighted by molar-refractivity contribution is -0.113. The number of fused-ring (bicyclic) bond motifs is 1. The fraction of sp³-hybridized carbons (Fsp3) is 0.167. The first kappa shape index (κ1) is 27.8. The van der Waals surface area contributed by atoms with Gasteiger partial charge in [-0.3, -0.25) is 14.2 Å². The molecule has 8 nitrogen and oxygen atoms in total. The van der Waals surface area contributed by atoms with E-state index in [0.29, 0.717) is 43.2 Å². The van der Waals surface area contributed by atoms with Gasteiger partial charge >= 0.3 is 6.61 Å². The molecule has 0 bridgehead atoms. The SMILES string of the molecule is COc1ccc(C2C(C(=O)Nc3ccccc3)=C(C)N=c3sc(=Cc4ccc(OC(F)F)c(OC)c4)c(=O)n32)cc1. The molecule has 1 N–H and O–H groups in total. The van der Waals surface area contributed by atoms with Gasteiger partial charge in [0.05, 0.1) is 36.1 Å². The molecule has 3 aromatic carbocycles. The van der Waals surface area contributed by atoms with Gasteiger partial charge < -0.3 is 19.5 Å². The molecule has 1 atom stereocenters. The monoisotopic (exact) mass is 577 g/mol. The second-order valence-electron chi connectivity index (χ2n) is 8.96. The van der Waals surface area contributed by atoms with Gasteiger partial charge in [0.25, 0.3) is 11.5 Å². The molecule has 1 aliphatic heterocycles.